The monoisotopic (exact) mass is 226 g/mol. The van der Waals surface area contributed by atoms with Crippen LogP contribution < -0.4 is 0 Å². The quantitative estimate of drug-likeness (QED) is 0.731. The molecule has 0 saturated heterocycles. The predicted molar refractivity (Wildman–Crippen MR) is 64.1 cm³/mol. The molecule has 0 heterocycles. The van der Waals surface area contributed by atoms with Crippen molar-refractivity contribution < 1.29 is 10.2 Å². The number of benzene rings is 1. The molecule has 0 aliphatic heterocycles. The van der Waals surface area contributed by atoms with Gasteiger partial charge in [0.15, 0.2) is 0 Å². The first-order valence-corrected chi connectivity index (χ1v) is 6.26. The third kappa shape index (κ3) is 4.69. The van der Waals surface area contributed by atoms with E-state index in [1.807, 2.05) is 37.3 Å². The van der Waals surface area contributed by atoms with Crippen LogP contribution in [0, 0.1) is 0 Å². The molecule has 15 heavy (non-hydrogen) atoms. The summed E-state index contributed by atoms with van der Waals surface area (Å²) in [6.07, 6.45) is 0.339. The standard InChI is InChI=1S/C12H18O2S/c1-2-6-11(13)12(14)9-15-10-7-4-3-5-8-10/h3-5,7-8,11-14H,2,6,9H2,1H3/t11-,12-/m1/s1. The molecule has 2 atom stereocenters. The normalized spacial score (nSPS) is 14.9. The maximum absolute atomic E-state index is 9.64. The number of aliphatic hydroxyl groups is 2. The molecule has 2 N–H and O–H groups in total. The summed E-state index contributed by atoms with van der Waals surface area (Å²) >= 11 is 1.57. The molecule has 0 unspecified atom stereocenters. The van der Waals surface area contributed by atoms with E-state index in [1.54, 1.807) is 11.8 Å². The van der Waals surface area contributed by atoms with Crippen molar-refractivity contribution in [3.63, 3.8) is 0 Å². The molecule has 0 aromatic heterocycles. The van der Waals surface area contributed by atoms with Gasteiger partial charge in [-0.2, -0.15) is 0 Å². The largest absolute Gasteiger partial charge is 0.390 e. The van der Waals surface area contributed by atoms with Gasteiger partial charge < -0.3 is 10.2 Å². The Kier molecular flexibility index (Phi) is 5.76. The Labute approximate surface area is 95.3 Å². The van der Waals surface area contributed by atoms with Crippen molar-refractivity contribution in [3.8, 4) is 0 Å². The highest BCUT2D eigenvalue weighted by Gasteiger charge is 2.14. The molecular formula is C12H18O2S. The van der Waals surface area contributed by atoms with Crippen molar-refractivity contribution >= 4 is 11.8 Å². The van der Waals surface area contributed by atoms with E-state index in [-0.39, 0.29) is 0 Å². The van der Waals surface area contributed by atoms with Crippen LogP contribution in [0.2, 0.25) is 0 Å². The molecule has 0 spiro atoms. The lowest BCUT2D eigenvalue weighted by molar-refractivity contribution is 0.0287. The van der Waals surface area contributed by atoms with E-state index in [1.165, 1.54) is 0 Å². The van der Waals surface area contributed by atoms with Crippen LogP contribution in [0.5, 0.6) is 0 Å². The Morgan fingerprint density at radius 2 is 1.80 bits per heavy atom. The molecule has 1 aromatic rings. The van der Waals surface area contributed by atoms with Crippen molar-refractivity contribution in [1.29, 1.82) is 0 Å². The molecule has 0 saturated carbocycles. The first kappa shape index (κ1) is 12.6. The zero-order valence-corrected chi connectivity index (χ0v) is 9.78. The zero-order chi connectivity index (χ0) is 11.1. The van der Waals surface area contributed by atoms with Gasteiger partial charge in [0.2, 0.25) is 0 Å². The van der Waals surface area contributed by atoms with Gasteiger partial charge in [0.1, 0.15) is 0 Å². The van der Waals surface area contributed by atoms with Crippen LogP contribution in [0.3, 0.4) is 0 Å². The van der Waals surface area contributed by atoms with Gasteiger partial charge in [-0.25, -0.2) is 0 Å². The lowest BCUT2D eigenvalue weighted by atomic mass is 10.1. The minimum Gasteiger partial charge on any atom is -0.390 e. The summed E-state index contributed by atoms with van der Waals surface area (Å²) in [5, 5.41) is 19.2. The zero-order valence-electron chi connectivity index (χ0n) is 8.97. The van der Waals surface area contributed by atoms with Gasteiger partial charge in [-0.05, 0) is 18.6 Å². The van der Waals surface area contributed by atoms with Crippen LogP contribution in [0.25, 0.3) is 0 Å². The van der Waals surface area contributed by atoms with Crippen LogP contribution in [0.1, 0.15) is 19.8 Å². The lowest BCUT2D eigenvalue weighted by Crippen LogP contribution is -2.27. The van der Waals surface area contributed by atoms with Crippen LogP contribution in [-0.4, -0.2) is 28.2 Å². The Morgan fingerprint density at radius 3 is 2.40 bits per heavy atom. The Morgan fingerprint density at radius 1 is 1.13 bits per heavy atom. The number of aliphatic hydroxyl groups excluding tert-OH is 2. The van der Waals surface area contributed by atoms with E-state index >= 15 is 0 Å². The van der Waals surface area contributed by atoms with E-state index in [2.05, 4.69) is 0 Å². The average molecular weight is 226 g/mol. The van der Waals surface area contributed by atoms with Gasteiger partial charge in [-0.15, -0.1) is 11.8 Å². The van der Waals surface area contributed by atoms with Gasteiger partial charge in [0.25, 0.3) is 0 Å². The third-order valence-electron chi connectivity index (χ3n) is 2.19. The van der Waals surface area contributed by atoms with Gasteiger partial charge in [0, 0.05) is 10.6 Å². The Hall–Kier alpha value is -0.510. The maximum Gasteiger partial charge on any atom is 0.0892 e. The van der Waals surface area contributed by atoms with Gasteiger partial charge in [-0.1, -0.05) is 31.5 Å². The molecule has 1 rings (SSSR count). The summed E-state index contributed by atoms with van der Waals surface area (Å²) in [5.74, 6) is 0.547. The summed E-state index contributed by atoms with van der Waals surface area (Å²) in [6.45, 7) is 2.00. The summed E-state index contributed by atoms with van der Waals surface area (Å²) in [6, 6.07) is 9.91. The molecule has 0 fully saturated rings. The molecule has 0 aliphatic carbocycles. The fourth-order valence-corrected chi connectivity index (χ4v) is 2.23. The van der Waals surface area contributed by atoms with Crippen molar-refractivity contribution in [2.45, 2.75) is 36.9 Å². The molecular weight excluding hydrogens is 208 g/mol. The summed E-state index contributed by atoms with van der Waals surface area (Å²) in [5.41, 5.74) is 0. The fraction of sp³-hybridized carbons (Fsp3) is 0.500. The minimum absolute atomic E-state index is 0.547. The van der Waals surface area contributed by atoms with Gasteiger partial charge >= 0.3 is 0 Å². The predicted octanol–water partition coefficient (Wildman–Crippen LogP) is 2.30. The highest BCUT2D eigenvalue weighted by molar-refractivity contribution is 7.99. The van der Waals surface area contributed by atoms with Crippen molar-refractivity contribution in [2.75, 3.05) is 5.75 Å². The van der Waals surface area contributed by atoms with E-state index in [9.17, 15) is 10.2 Å². The van der Waals surface area contributed by atoms with E-state index in [4.69, 9.17) is 0 Å². The number of hydrogen-bond donors (Lipinski definition) is 2. The second-order valence-electron chi connectivity index (χ2n) is 3.55. The molecule has 1 aromatic carbocycles. The summed E-state index contributed by atoms with van der Waals surface area (Å²) < 4.78 is 0. The highest BCUT2D eigenvalue weighted by atomic mass is 32.2. The molecule has 0 radical (unpaired) electrons. The van der Waals surface area contributed by atoms with Crippen LogP contribution >= 0.6 is 11.8 Å². The summed E-state index contributed by atoms with van der Waals surface area (Å²) in [4.78, 5) is 1.13. The Balaban J connectivity index is 2.31. The summed E-state index contributed by atoms with van der Waals surface area (Å²) in [7, 11) is 0. The maximum atomic E-state index is 9.64. The highest BCUT2D eigenvalue weighted by Crippen LogP contribution is 2.19. The van der Waals surface area contributed by atoms with Gasteiger partial charge in [0.05, 0.1) is 12.2 Å². The van der Waals surface area contributed by atoms with E-state index < -0.39 is 12.2 Å². The van der Waals surface area contributed by atoms with E-state index in [0.29, 0.717) is 12.2 Å². The van der Waals surface area contributed by atoms with Crippen LogP contribution in [0.15, 0.2) is 35.2 Å². The molecule has 84 valence electrons. The molecule has 3 heteroatoms. The molecule has 0 amide bonds. The third-order valence-corrected chi connectivity index (χ3v) is 3.31. The second kappa shape index (κ2) is 6.88. The smallest absolute Gasteiger partial charge is 0.0892 e. The number of rotatable bonds is 6. The van der Waals surface area contributed by atoms with Gasteiger partial charge in [-0.3, -0.25) is 0 Å². The topological polar surface area (TPSA) is 40.5 Å². The fourth-order valence-electron chi connectivity index (χ4n) is 1.30. The number of thioether (sulfide) groups is 1. The van der Waals surface area contributed by atoms with Crippen molar-refractivity contribution in [2.24, 2.45) is 0 Å². The first-order valence-electron chi connectivity index (χ1n) is 5.28. The SMILES string of the molecule is CCC[C@@H](O)[C@H](O)CSc1ccccc1. The van der Waals surface area contributed by atoms with E-state index in [0.717, 1.165) is 11.3 Å². The Bertz CT molecular complexity index is 264. The first-order chi connectivity index (χ1) is 7.24. The average Bonchev–Trinajstić information content (AvgIpc) is 2.27. The van der Waals surface area contributed by atoms with Crippen LogP contribution in [-0.2, 0) is 0 Å². The van der Waals surface area contributed by atoms with Crippen molar-refractivity contribution in [1.82, 2.24) is 0 Å². The second-order valence-corrected chi connectivity index (χ2v) is 4.64. The molecule has 0 bridgehead atoms. The number of hydrogen-bond acceptors (Lipinski definition) is 3. The minimum atomic E-state index is -0.629. The van der Waals surface area contributed by atoms with Crippen molar-refractivity contribution in [3.05, 3.63) is 30.3 Å². The molecule has 2 nitrogen and oxygen atoms in total. The lowest BCUT2D eigenvalue weighted by Gasteiger charge is -2.16. The molecule has 0 aliphatic rings. The van der Waals surface area contributed by atoms with Crippen LogP contribution in [0.4, 0.5) is 0 Å².